The second-order valence-electron chi connectivity index (χ2n) is 5.63. The predicted octanol–water partition coefficient (Wildman–Crippen LogP) is 1.29. The lowest BCUT2D eigenvalue weighted by atomic mass is 9.96. The summed E-state index contributed by atoms with van der Waals surface area (Å²) in [7, 11) is 0. The van der Waals surface area contributed by atoms with Crippen molar-refractivity contribution in [2.75, 3.05) is 32.7 Å². The highest BCUT2D eigenvalue weighted by atomic mass is 19.4. The van der Waals surface area contributed by atoms with Crippen LogP contribution >= 0.6 is 0 Å². The molecule has 1 unspecified atom stereocenters. The summed E-state index contributed by atoms with van der Waals surface area (Å²) in [6.45, 7) is 0.491. The van der Waals surface area contributed by atoms with Crippen molar-refractivity contribution in [3.63, 3.8) is 0 Å². The minimum absolute atomic E-state index is 0.0338. The number of carboxylic acid groups (broad SMARTS) is 1. The molecule has 1 rings (SSSR count). The van der Waals surface area contributed by atoms with Crippen molar-refractivity contribution < 1.29 is 32.7 Å². The Morgan fingerprint density at radius 2 is 2.00 bits per heavy atom. The van der Waals surface area contributed by atoms with Crippen LogP contribution in [-0.4, -0.2) is 71.7 Å². The molecule has 3 amide bonds. The lowest BCUT2D eigenvalue weighted by Crippen LogP contribution is -2.51. The molecule has 7 nitrogen and oxygen atoms in total. The molecule has 1 fully saturated rings. The van der Waals surface area contributed by atoms with Crippen molar-refractivity contribution in [2.45, 2.75) is 32.4 Å². The van der Waals surface area contributed by atoms with Crippen LogP contribution in [0.2, 0.25) is 0 Å². The van der Waals surface area contributed by atoms with Gasteiger partial charge in [-0.05, 0) is 19.8 Å². The molecule has 0 spiro atoms. The molecule has 1 aliphatic rings. The molecule has 1 atom stereocenters. The Kier molecular flexibility index (Phi) is 7.30. The smallest absolute Gasteiger partial charge is 0.406 e. The van der Waals surface area contributed by atoms with Crippen LogP contribution in [-0.2, 0) is 9.59 Å². The SMILES string of the molecule is CCN(CC(F)(F)F)C(=O)C1CCCN(C(=O)NCCC(=O)O)C1. The van der Waals surface area contributed by atoms with Gasteiger partial charge in [0.15, 0.2) is 0 Å². The summed E-state index contributed by atoms with van der Waals surface area (Å²) in [6, 6.07) is -0.507. The fourth-order valence-electron chi connectivity index (χ4n) is 2.57. The number of piperidine rings is 1. The lowest BCUT2D eigenvalue weighted by molar-refractivity contribution is -0.164. The zero-order chi connectivity index (χ0) is 18.3. The number of nitrogens with one attached hydrogen (secondary N) is 1. The van der Waals surface area contributed by atoms with Crippen LogP contribution in [0, 0.1) is 5.92 Å². The van der Waals surface area contributed by atoms with E-state index in [1.54, 1.807) is 0 Å². The molecule has 138 valence electrons. The maximum atomic E-state index is 12.5. The van der Waals surface area contributed by atoms with E-state index in [2.05, 4.69) is 5.32 Å². The topological polar surface area (TPSA) is 90.0 Å². The number of amides is 3. The zero-order valence-corrected chi connectivity index (χ0v) is 13.4. The molecule has 0 aliphatic carbocycles. The summed E-state index contributed by atoms with van der Waals surface area (Å²) in [5.41, 5.74) is 0. The monoisotopic (exact) mass is 353 g/mol. The van der Waals surface area contributed by atoms with Crippen LogP contribution in [0.5, 0.6) is 0 Å². The first-order valence-corrected chi connectivity index (χ1v) is 7.74. The Morgan fingerprint density at radius 1 is 1.33 bits per heavy atom. The summed E-state index contributed by atoms with van der Waals surface area (Å²) in [6.07, 6.45) is -3.76. The fourth-order valence-corrected chi connectivity index (χ4v) is 2.57. The first-order chi connectivity index (χ1) is 11.1. The van der Waals surface area contributed by atoms with Crippen molar-refractivity contribution in [1.82, 2.24) is 15.1 Å². The molecule has 1 aliphatic heterocycles. The summed E-state index contributed by atoms with van der Waals surface area (Å²) in [5, 5.41) is 11.0. The van der Waals surface area contributed by atoms with E-state index in [1.165, 1.54) is 11.8 Å². The van der Waals surface area contributed by atoms with Gasteiger partial charge in [-0.1, -0.05) is 0 Å². The van der Waals surface area contributed by atoms with E-state index in [1.807, 2.05) is 0 Å². The summed E-state index contributed by atoms with van der Waals surface area (Å²) in [5.74, 6) is -2.34. The van der Waals surface area contributed by atoms with E-state index < -0.39 is 36.5 Å². The number of urea groups is 1. The molecular weight excluding hydrogens is 331 g/mol. The maximum absolute atomic E-state index is 12.5. The van der Waals surface area contributed by atoms with Crippen LogP contribution in [0.15, 0.2) is 0 Å². The average molecular weight is 353 g/mol. The van der Waals surface area contributed by atoms with Crippen molar-refractivity contribution in [2.24, 2.45) is 5.92 Å². The molecule has 24 heavy (non-hydrogen) atoms. The van der Waals surface area contributed by atoms with Crippen molar-refractivity contribution >= 4 is 17.9 Å². The molecule has 0 radical (unpaired) electrons. The third-order valence-corrected chi connectivity index (χ3v) is 3.74. The fraction of sp³-hybridized carbons (Fsp3) is 0.786. The molecule has 0 aromatic carbocycles. The number of nitrogens with zero attached hydrogens (tertiary/aromatic N) is 2. The van der Waals surface area contributed by atoms with Crippen LogP contribution < -0.4 is 5.32 Å². The number of carbonyl (C=O) groups excluding carboxylic acids is 2. The summed E-state index contributed by atoms with van der Waals surface area (Å²) in [4.78, 5) is 36.7. The Bertz CT molecular complexity index is 471. The second kappa shape index (κ2) is 8.74. The molecule has 0 saturated carbocycles. The second-order valence-corrected chi connectivity index (χ2v) is 5.63. The first kappa shape index (κ1) is 20.0. The number of carbonyl (C=O) groups is 3. The summed E-state index contributed by atoms with van der Waals surface area (Å²) >= 11 is 0. The minimum atomic E-state index is -4.46. The highest BCUT2D eigenvalue weighted by Crippen LogP contribution is 2.22. The van der Waals surface area contributed by atoms with E-state index in [4.69, 9.17) is 5.11 Å². The van der Waals surface area contributed by atoms with Crippen LogP contribution in [0.1, 0.15) is 26.2 Å². The van der Waals surface area contributed by atoms with Gasteiger partial charge >= 0.3 is 18.2 Å². The van der Waals surface area contributed by atoms with Gasteiger partial charge in [0.1, 0.15) is 6.54 Å². The summed E-state index contributed by atoms with van der Waals surface area (Å²) < 4.78 is 37.5. The Hall–Kier alpha value is -2.00. The lowest BCUT2D eigenvalue weighted by Gasteiger charge is -2.35. The van der Waals surface area contributed by atoms with Crippen molar-refractivity contribution in [3.8, 4) is 0 Å². The molecule has 0 bridgehead atoms. The highest BCUT2D eigenvalue weighted by Gasteiger charge is 2.36. The van der Waals surface area contributed by atoms with E-state index in [0.29, 0.717) is 19.4 Å². The van der Waals surface area contributed by atoms with Gasteiger partial charge in [0, 0.05) is 26.2 Å². The number of hydrogen-bond donors (Lipinski definition) is 2. The van der Waals surface area contributed by atoms with Crippen LogP contribution in [0.3, 0.4) is 0 Å². The normalized spacial score (nSPS) is 18.2. The standard InChI is InChI=1S/C14H22F3N3O4/c1-2-19(9-14(15,16)17)12(23)10-4-3-7-20(8-10)13(24)18-6-5-11(21)22/h10H,2-9H2,1H3,(H,18,24)(H,21,22). The van der Waals surface area contributed by atoms with Crippen molar-refractivity contribution in [3.05, 3.63) is 0 Å². The molecular formula is C14H22F3N3O4. The Morgan fingerprint density at radius 3 is 2.54 bits per heavy atom. The van der Waals surface area contributed by atoms with Gasteiger partial charge in [0.2, 0.25) is 5.91 Å². The Labute approximate surface area is 137 Å². The van der Waals surface area contributed by atoms with Gasteiger partial charge in [-0.3, -0.25) is 9.59 Å². The zero-order valence-electron chi connectivity index (χ0n) is 13.4. The van der Waals surface area contributed by atoms with Gasteiger partial charge in [0.25, 0.3) is 0 Å². The predicted molar refractivity (Wildman–Crippen MR) is 78.3 cm³/mol. The van der Waals surface area contributed by atoms with E-state index in [0.717, 1.165) is 4.90 Å². The Balaban J connectivity index is 2.58. The van der Waals surface area contributed by atoms with Gasteiger partial charge in [-0.25, -0.2) is 4.79 Å². The van der Waals surface area contributed by atoms with Gasteiger partial charge in [0.05, 0.1) is 12.3 Å². The minimum Gasteiger partial charge on any atom is -0.481 e. The third kappa shape index (κ3) is 6.63. The van der Waals surface area contributed by atoms with Gasteiger partial charge < -0.3 is 20.2 Å². The number of rotatable bonds is 6. The van der Waals surface area contributed by atoms with Crippen LogP contribution in [0.4, 0.5) is 18.0 Å². The largest absolute Gasteiger partial charge is 0.481 e. The molecule has 1 saturated heterocycles. The molecule has 0 aromatic heterocycles. The van der Waals surface area contributed by atoms with Gasteiger partial charge in [-0.15, -0.1) is 0 Å². The quantitative estimate of drug-likeness (QED) is 0.753. The number of aliphatic carboxylic acids is 1. The molecule has 0 aromatic rings. The number of halogens is 3. The van der Waals surface area contributed by atoms with E-state index >= 15 is 0 Å². The number of carboxylic acids is 1. The molecule has 2 N–H and O–H groups in total. The third-order valence-electron chi connectivity index (χ3n) is 3.74. The molecule has 1 heterocycles. The van der Waals surface area contributed by atoms with E-state index in [9.17, 15) is 27.6 Å². The highest BCUT2D eigenvalue weighted by molar-refractivity contribution is 5.81. The van der Waals surface area contributed by atoms with Crippen molar-refractivity contribution in [1.29, 1.82) is 0 Å². The van der Waals surface area contributed by atoms with Crippen LogP contribution in [0.25, 0.3) is 0 Å². The van der Waals surface area contributed by atoms with E-state index in [-0.39, 0.29) is 26.1 Å². The number of likely N-dealkylation sites (tertiary alicyclic amines) is 1. The number of alkyl halides is 3. The molecule has 10 heteroatoms. The maximum Gasteiger partial charge on any atom is 0.406 e. The average Bonchev–Trinajstić information content (AvgIpc) is 2.50. The number of hydrogen-bond acceptors (Lipinski definition) is 3. The van der Waals surface area contributed by atoms with Gasteiger partial charge in [-0.2, -0.15) is 13.2 Å². The first-order valence-electron chi connectivity index (χ1n) is 7.74.